The zero-order valence-corrected chi connectivity index (χ0v) is 19.7. The van der Waals surface area contributed by atoms with E-state index in [2.05, 4.69) is 10.3 Å². The summed E-state index contributed by atoms with van der Waals surface area (Å²) in [6.07, 6.45) is 1.76. The van der Waals surface area contributed by atoms with Gasteiger partial charge in [-0.2, -0.15) is 0 Å². The van der Waals surface area contributed by atoms with E-state index in [-0.39, 0.29) is 18.1 Å². The molecule has 0 radical (unpaired) electrons. The summed E-state index contributed by atoms with van der Waals surface area (Å²) < 4.78 is 11.1. The van der Waals surface area contributed by atoms with Gasteiger partial charge in [0.25, 0.3) is 0 Å². The lowest BCUT2D eigenvalue weighted by Gasteiger charge is -2.26. The monoisotopic (exact) mass is 489 g/mol. The summed E-state index contributed by atoms with van der Waals surface area (Å²) in [6, 6.07) is 23.8. The molecule has 0 aliphatic carbocycles. The van der Waals surface area contributed by atoms with Crippen LogP contribution < -0.4 is 10.2 Å². The summed E-state index contributed by atoms with van der Waals surface area (Å²) in [7, 11) is 1.36. The highest BCUT2D eigenvalue weighted by Crippen LogP contribution is 2.43. The van der Waals surface area contributed by atoms with Crippen molar-refractivity contribution in [2.24, 2.45) is 0 Å². The first-order valence-corrected chi connectivity index (χ1v) is 11.4. The number of carbonyl (C=O) groups excluding carboxylic acids is 1. The Bertz CT molecular complexity index is 1320. The van der Waals surface area contributed by atoms with E-state index in [0.29, 0.717) is 21.5 Å². The Balaban J connectivity index is 1.54. The van der Waals surface area contributed by atoms with Crippen molar-refractivity contribution in [2.75, 3.05) is 12.0 Å². The minimum atomic E-state index is -0.381. The lowest BCUT2D eigenvalue weighted by molar-refractivity contribution is 0.0600. The van der Waals surface area contributed by atoms with Crippen molar-refractivity contribution in [1.82, 2.24) is 10.3 Å². The zero-order valence-electron chi connectivity index (χ0n) is 18.1. The fourth-order valence-corrected chi connectivity index (χ4v) is 4.55. The van der Waals surface area contributed by atoms with E-state index < -0.39 is 0 Å². The van der Waals surface area contributed by atoms with Gasteiger partial charge in [-0.25, -0.2) is 4.79 Å². The van der Waals surface area contributed by atoms with Crippen LogP contribution >= 0.6 is 23.8 Å². The Morgan fingerprint density at radius 2 is 1.82 bits per heavy atom. The van der Waals surface area contributed by atoms with E-state index in [0.717, 1.165) is 22.7 Å². The van der Waals surface area contributed by atoms with Crippen LogP contribution in [0.5, 0.6) is 0 Å². The Kier molecular flexibility index (Phi) is 6.04. The molecule has 0 amide bonds. The number of methoxy groups -OCH3 is 1. The van der Waals surface area contributed by atoms with Crippen molar-refractivity contribution < 1.29 is 13.9 Å². The molecule has 3 heterocycles. The fourth-order valence-electron chi connectivity index (χ4n) is 4.08. The molecule has 4 aromatic rings. The second-order valence-electron chi connectivity index (χ2n) is 7.74. The SMILES string of the molecule is COC(=O)c1ccc(-c2ccc(C3C(c4ccccn4)NC(=S)N3c3ccc(Cl)cc3)o2)cc1. The number of nitrogens with zero attached hydrogens (tertiary/aromatic N) is 2. The molecule has 0 saturated carbocycles. The highest BCUT2D eigenvalue weighted by atomic mass is 35.5. The third-order valence-electron chi connectivity index (χ3n) is 5.71. The topological polar surface area (TPSA) is 67.6 Å². The molecule has 2 unspecified atom stereocenters. The molecule has 1 fully saturated rings. The molecular weight excluding hydrogens is 470 g/mol. The predicted molar refractivity (Wildman–Crippen MR) is 135 cm³/mol. The number of ether oxygens (including phenoxy) is 1. The van der Waals surface area contributed by atoms with Crippen LogP contribution in [0.25, 0.3) is 11.3 Å². The Hall–Kier alpha value is -3.68. The maximum absolute atomic E-state index is 11.7. The molecule has 2 aromatic carbocycles. The molecule has 1 saturated heterocycles. The Morgan fingerprint density at radius 1 is 1.06 bits per heavy atom. The number of hydrogen-bond acceptors (Lipinski definition) is 5. The molecule has 0 spiro atoms. The van der Waals surface area contributed by atoms with Gasteiger partial charge in [0.2, 0.25) is 0 Å². The first-order chi connectivity index (χ1) is 16.5. The summed E-state index contributed by atoms with van der Waals surface area (Å²) in [5.41, 5.74) is 3.07. The highest BCUT2D eigenvalue weighted by molar-refractivity contribution is 7.80. The van der Waals surface area contributed by atoms with Gasteiger partial charge >= 0.3 is 5.97 Å². The van der Waals surface area contributed by atoms with Gasteiger partial charge in [0, 0.05) is 22.5 Å². The number of aromatic nitrogens is 1. The van der Waals surface area contributed by atoms with Gasteiger partial charge in [-0.3, -0.25) is 4.98 Å². The van der Waals surface area contributed by atoms with Crippen molar-refractivity contribution in [3.8, 4) is 11.3 Å². The van der Waals surface area contributed by atoms with E-state index in [4.69, 9.17) is 33.0 Å². The van der Waals surface area contributed by atoms with Crippen molar-refractivity contribution in [3.63, 3.8) is 0 Å². The van der Waals surface area contributed by atoms with Gasteiger partial charge in [-0.1, -0.05) is 29.8 Å². The van der Waals surface area contributed by atoms with Crippen LogP contribution in [0.3, 0.4) is 0 Å². The lowest BCUT2D eigenvalue weighted by Crippen LogP contribution is -2.29. The maximum Gasteiger partial charge on any atom is 0.337 e. The van der Waals surface area contributed by atoms with Crippen molar-refractivity contribution in [2.45, 2.75) is 12.1 Å². The summed E-state index contributed by atoms with van der Waals surface area (Å²) in [5.74, 6) is 1.03. The largest absolute Gasteiger partial charge is 0.465 e. The number of hydrogen-bond donors (Lipinski definition) is 1. The summed E-state index contributed by atoms with van der Waals surface area (Å²) >= 11 is 11.8. The van der Waals surface area contributed by atoms with Crippen LogP contribution in [0.1, 0.15) is 33.9 Å². The maximum atomic E-state index is 11.7. The third kappa shape index (κ3) is 4.16. The molecule has 6 nitrogen and oxygen atoms in total. The Labute approximate surface area is 207 Å². The van der Waals surface area contributed by atoms with Gasteiger partial charge < -0.3 is 19.4 Å². The van der Waals surface area contributed by atoms with Crippen LogP contribution in [0.4, 0.5) is 5.69 Å². The quantitative estimate of drug-likeness (QED) is 0.274. The van der Waals surface area contributed by atoms with Gasteiger partial charge in [0.15, 0.2) is 5.11 Å². The normalized spacial score (nSPS) is 17.5. The number of thiocarbonyl (C=S) groups is 1. The summed E-state index contributed by atoms with van der Waals surface area (Å²) in [5, 5.41) is 4.63. The second kappa shape index (κ2) is 9.29. The van der Waals surface area contributed by atoms with Crippen LogP contribution in [0, 0.1) is 0 Å². The first kappa shape index (κ1) is 22.1. The molecule has 2 aromatic heterocycles. The zero-order chi connectivity index (χ0) is 23.7. The standard InChI is InChI=1S/C26H20ClN3O3S/c1-32-25(31)17-7-5-16(6-8-17)21-13-14-22(33-21)24-23(20-4-2-3-15-28-20)29-26(34)30(24)19-11-9-18(27)10-12-19/h2-15,23-24H,1H3,(H,29,34). The van der Waals surface area contributed by atoms with Crippen LogP contribution in [-0.2, 0) is 4.74 Å². The number of halogens is 1. The molecule has 1 N–H and O–H groups in total. The number of carbonyl (C=O) groups is 1. The molecule has 34 heavy (non-hydrogen) atoms. The van der Waals surface area contributed by atoms with Crippen LogP contribution in [0.2, 0.25) is 5.02 Å². The number of nitrogens with one attached hydrogen (secondary N) is 1. The number of benzene rings is 2. The van der Waals surface area contributed by atoms with Gasteiger partial charge in [-0.05, 0) is 72.9 Å². The van der Waals surface area contributed by atoms with E-state index in [1.54, 1.807) is 18.3 Å². The minimum absolute atomic E-state index is 0.218. The average molecular weight is 490 g/mol. The van der Waals surface area contributed by atoms with Gasteiger partial charge in [0.05, 0.1) is 24.4 Å². The number of pyridine rings is 1. The lowest BCUT2D eigenvalue weighted by atomic mass is 10.0. The molecule has 5 rings (SSSR count). The molecule has 8 heteroatoms. The molecule has 170 valence electrons. The first-order valence-electron chi connectivity index (χ1n) is 10.6. The van der Waals surface area contributed by atoms with E-state index in [1.165, 1.54) is 7.11 Å². The van der Waals surface area contributed by atoms with E-state index in [9.17, 15) is 4.79 Å². The fraction of sp³-hybridized carbons (Fsp3) is 0.115. The number of furan rings is 1. The summed E-state index contributed by atoms with van der Waals surface area (Å²) in [4.78, 5) is 18.3. The molecule has 1 aliphatic heterocycles. The van der Waals surface area contributed by atoms with Crippen LogP contribution in [-0.4, -0.2) is 23.2 Å². The van der Waals surface area contributed by atoms with Crippen molar-refractivity contribution in [3.05, 3.63) is 107 Å². The predicted octanol–water partition coefficient (Wildman–Crippen LogP) is 5.96. The second-order valence-corrected chi connectivity index (χ2v) is 8.57. The number of esters is 1. The smallest absolute Gasteiger partial charge is 0.337 e. The highest BCUT2D eigenvalue weighted by Gasteiger charge is 2.42. The van der Waals surface area contributed by atoms with Crippen molar-refractivity contribution in [1.29, 1.82) is 0 Å². The molecule has 2 atom stereocenters. The Morgan fingerprint density at radius 3 is 2.50 bits per heavy atom. The number of anilines is 1. The number of rotatable bonds is 5. The van der Waals surface area contributed by atoms with Crippen molar-refractivity contribution >= 4 is 40.6 Å². The molecular formula is C26H20ClN3O3S. The average Bonchev–Trinajstić information content (AvgIpc) is 3.49. The molecule has 1 aliphatic rings. The third-order valence-corrected chi connectivity index (χ3v) is 6.28. The summed E-state index contributed by atoms with van der Waals surface area (Å²) in [6.45, 7) is 0. The van der Waals surface area contributed by atoms with Gasteiger partial charge in [-0.15, -0.1) is 0 Å². The van der Waals surface area contributed by atoms with E-state index >= 15 is 0 Å². The van der Waals surface area contributed by atoms with Gasteiger partial charge in [0.1, 0.15) is 17.6 Å². The van der Waals surface area contributed by atoms with Crippen LogP contribution in [0.15, 0.2) is 89.5 Å². The molecule has 0 bridgehead atoms. The van der Waals surface area contributed by atoms with E-state index in [1.807, 2.05) is 71.6 Å². The minimum Gasteiger partial charge on any atom is -0.465 e.